The van der Waals surface area contributed by atoms with Crippen molar-refractivity contribution in [1.29, 1.82) is 5.26 Å². The van der Waals surface area contributed by atoms with Gasteiger partial charge in [-0.1, -0.05) is 23.7 Å². The molecule has 1 aromatic carbocycles. The van der Waals surface area contributed by atoms with Gasteiger partial charge in [0, 0.05) is 10.8 Å². The lowest BCUT2D eigenvalue weighted by Crippen LogP contribution is -1.91. The highest BCUT2D eigenvalue weighted by Gasteiger charge is 2.00. The van der Waals surface area contributed by atoms with Gasteiger partial charge in [0.1, 0.15) is 0 Å². The maximum Gasteiger partial charge on any atom is 0.0891 e. The number of halogens is 1. The number of hydrogen-bond donors (Lipinski definition) is 0. The Morgan fingerprint density at radius 2 is 2.08 bits per heavy atom. The van der Waals surface area contributed by atoms with Gasteiger partial charge in [0.25, 0.3) is 0 Å². The average Bonchev–Trinajstić information content (AvgIpc) is 2.16. The van der Waals surface area contributed by atoms with Crippen molar-refractivity contribution in [2.75, 3.05) is 0 Å². The van der Waals surface area contributed by atoms with E-state index < -0.39 is 0 Å². The molecule has 0 spiro atoms. The minimum Gasteiger partial charge on any atom is -0.197 e. The third-order valence-corrected chi connectivity index (χ3v) is 2.95. The summed E-state index contributed by atoms with van der Waals surface area (Å²) in [6, 6.07) is 9.89. The molecule has 0 saturated carbocycles. The molecule has 13 heavy (non-hydrogen) atoms. The summed E-state index contributed by atoms with van der Waals surface area (Å²) in [4.78, 5) is 0. The van der Waals surface area contributed by atoms with Crippen molar-refractivity contribution in [3.8, 4) is 6.07 Å². The van der Waals surface area contributed by atoms with Crippen LogP contribution in [0.5, 0.6) is 0 Å². The van der Waals surface area contributed by atoms with Crippen LogP contribution in [0.1, 0.15) is 12.5 Å². The van der Waals surface area contributed by atoms with Crippen LogP contribution in [0.2, 0.25) is 5.02 Å². The van der Waals surface area contributed by atoms with E-state index in [1.54, 1.807) is 11.8 Å². The summed E-state index contributed by atoms with van der Waals surface area (Å²) in [5, 5.41) is 9.37. The van der Waals surface area contributed by atoms with Gasteiger partial charge in [-0.2, -0.15) is 5.26 Å². The SMILES string of the molecule is CC(C#N)SCc1ccc(Cl)cc1. The third-order valence-electron chi connectivity index (χ3n) is 1.60. The van der Waals surface area contributed by atoms with E-state index in [2.05, 4.69) is 6.07 Å². The van der Waals surface area contributed by atoms with Gasteiger partial charge in [-0.25, -0.2) is 0 Å². The molecule has 0 heterocycles. The Labute approximate surface area is 87.7 Å². The van der Waals surface area contributed by atoms with Gasteiger partial charge in [-0.15, -0.1) is 11.8 Å². The van der Waals surface area contributed by atoms with Crippen LogP contribution < -0.4 is 0 Å². The molecule has 0 fully saturated rings. The fraction of sp³-hybridized carbons (Fsp3) is 0.300. The quantitative estimate of drug-likeness (QED) is 0.765. The van der Waals surface area contributed by atoms with E-state index in [9.17, 15) is 0 Å². The van der Waals surface area contributed by atoms with Gasteiger partial charge in [0.05, 0.1) is 11.3 Å². The van der Waals surface area contributed by atoms with Gasteiger partial charge < -0.3 is 0 Å². The number of nitriles is 1. The van der Waals surface area contributed by atoms with Crippen LogP contribution in [0, 0.1) is 11.3 Å². The predicted octanol–water partition coefficient (Wildman–Crippen LogP) is 3.49. The number of benzene rings is 1. The number of nitrogens with zero attached hydrogens (tertiary/aromatic N) is 1. The Balaban J connectivity index is 2.47. The van der Waals surface area contributed by atoms with Gasteiger partial charge in [0.15, 0.2) is 0 Å². The molecule has 0 bridgehead atoms. The number of thioether (sulfide) groups is 1. The molecule has 0 radical (unpaired) electrons. The summed E-state index contributed by atoms with van der Waals surface area (Å²) in [7, 11) is 0. The van der Waals surface area contributed by atoms with E-state index in [0.717, 1.165) is 10.8 Å². The van der Waals surface area contributed by atoms with Crippen LogP contribution in [0.15, 0.2) is 24.3 Å². The first-order valence-electron chi connectivity index (χ1n) is 3.98. The molecule has 1 aromatic rings. The summed E-state index contributed by atoms with van der Waals surface area (Å²) in [5.41, 5.74) is 1.21. The highest BCUT2D eigenvalue weighted by molar-refractivity contribution is 7.99. The normalized spacial score (nSPS) is 12.1. The van der Waals surface area contributed by atoms with Gasteiger partial charge in [0.2, 0.25) is 0 Å². The summed E-state index contributed by atoms with van der Waals surface area (Å²) in [6.45, 7) is 1.90. The zero-order valence-corrected chi connectivity index (χ0v) is 8.90. The average molecular weight is 212 g/mol. The molecule has 0 saturated heterocycles. The zero-order valence-electron chi connectivity index (χ0n) is 7.33. The van der Waals surface area contributed by atoms with E-state index in [-0.39, 0.29) is 5.25 Å². The Morgan fingerprint density at radius 1 is 1.46 bits per heavy atom. The van der Waals surface area contributed by atoms with Crippen molar-refractivity contribution in [2.45, 2.75) is 17.9 Å². The third kappa shape index (κ3) is 3.71. The number of hydrogen-bond acceptors (Lipinski definition) is 2. The van der Waals surface area contributed by atoms with E-state index in [1.165, 1.54) is 5.56 Å². The Bertz CT molecular complexity index is 302. The van der Waals surface area contributed by atoms with Crippen LogP contribution in [0.4, 0.5) is 0 Å². The fourth-order valence-corrected chi connectivity index (χ4v) is 1.67. The first-order valence-corrected chi connectivity index (χ1v) is 5.40. The van der Waals surface area contributed by atoms with Crippen LogP contribution in [0.25, 0.3) is 0 Å². The smallest absolute Gasteiger partial charge is 0.0891 e. The summed E-state index contributed by atoms with van der Waals surface area (Å²) >= 11 is 7.37. The van der Waals surface area contributed by atoms with Crippen molar-refractivity contribution in [1.82, 2.24) is 0 Å². The van der Waals surface area contributed by atoms with E-state index in [4.69, 9.17) is 16.9 Å². The molecule has 1 atom stereocenters. The molecule has 0 amide bonds. The van der Waals surface area contributed by atoms with Crippen LogP contribution in [-0.2, 0) is 5.75 Å². The topological polar surface area (TPSA) is 23.8 Å². The monoisotopic (exact) mass is 211 g/mol. The molecular formula is C10H10ClNS. The van der Waals surface area contributed by atoms with Crippen LogP contribution in [0.3, 0.4) is 0 Å². The standard InChI is InChI=1S/C10H10ClNS/c1-8(6-12)13-7-9-2-4-10(11)5-3-9/h2-5,8H,7H2,1H3. The van der Waals surface area contributed by atoms with Crippen molar-refractivity contribution in [3.63, 3.8) is 0 Å². The minimum absolute atomic E-state index is 0.0516. The van der Waals surface area contributed by atoms with Crippen LogP contribution >= 0.6 is 23.4 Å². The lowest BCUT2D eigenvalue weighted by molar-refractivity contribution is 1.23. The molecule has 3 heteroatoms. The second-order valence-electron chi connectivity index (χ2n) is 2.71. The highest BCUT2D eigenvalue weighted by atomic mass is 35.5. The predicted molar refractivity (Wildman–Crippen MR) is 57.8 cm³/mol. The Morgan fingerprint density at radius 3 is 2.62 bits per heavy atom. The molecule has 0 aromatic heterocycles. The summed E-state index contributed by atoms with van der Waals surface area (Å²) < 4.78 is 0. The molecule has 0 N–H and O–H groups in total. The van der Waals surface area contributed by atoms with Gasteiger partial charge in [-0.3, -0.25) is 0 Å². The first-order chi connectivity index (χ1) is 6.22. The molecular weight excluding hydrogens is 202 g/mol. The second-order valence-corrected chi connectivity index (χ2v) is 4.47. The summed E-state index contributed by atoms with van der Waals surface area (Å²) in [6.07, 6.45) is 0. The van der Waals surface area contributed by atoms with Crippen molar-refractivity contribution in [2.24, 2.45) is 0 Å². The minimum atomic E-state index is 0.0516. The van der Waals surface area contributed by atoms with E-state index in [1.807, 2.05) is 31.2 Å². The first kappa shape index (κ1) is 10.4. The second kappa shape index (κ2) is 5.16. The fourth-order valence-electron chi connectivity index (χ4n) is 0.839. The lowest BCUT2D eigenvalue weighted by atomic mass is 10.2. The lowest BCUT2D eigenvalue weighted by Gasteiger charge is -2.02. The molecule has 1 unspecified atom stereocenters. The van der Waals surface area contributed by atoms with Gasteiger partial charge in [-0.05, 0) is 24.6 Å². The maximum atomic E-state index is 8.56. The molecule has 0 aliphatic rings. The Hall–Kier alpha value is -0.650. The maximum absolute atomic E-state index is 8.56. The van der Waals surface area contributed by atoms with Crippen molar-refractivity contribution >= 4 is 23.4 Å². The molecule has 1 nitrogen and oxygen atoms in total. The molecule has 68 valence electrons. The largest absolute Gasteiger partial charge is 0.197 e. The molecule has 0 aliphatic heterocycles. The van der Waals surface area contributed by atoms with Crippen molar-refractivity contribution < 1.29 is 0 Å². The Kier molecular flexibility index (Phi) is 4.14. The zero-order chi connectivity index (χ0) is 9.68. The van der Waals surface area contributed by atoms with Crippen molar-refractivity contribution in [3.05, 3.63) is 34.9 Å². The molecule has 0 aliphatic carbocycles. The van der Waals surface area contributed by atoms with E-state index in [0.29, 0.717) is 0 Å². The summed E-state index contributed by atoms with van der Waals surface area (Å²) in [5.74, 6) is 0.867. The molecule has 1 rings (SSSR count). The van der Waals surface area contributed by atoms with Crippen LogP contribution in [-0.4, -0.2) is 5.25 Å². The van der Waals surface area contributed by atoms with E-state index >= 15 is 0 Å². The van der Waals surface area contributed by atoms with Gasteiger partial charge >= 0.3 is 0 Å². The number of rotatable bonds is 3. The highest BCUT2D eigenvalue weighted by Crippen LogP contribution is 2.18.